The van der Waals surface area contributed by atoms with Gasteiger partial charge in [-0.25, -0.2) is 0 Å². The van der Waals surface area contributed by atoms with E-state index in [0.29, 0.717) is 11.0 Å². The highest BCUT2D eigenvalue weighted by molar-refractivity contribution is 7.80. The Morgan fingerprint density at radius 1 is 1.55 bits per heavy atom. The van der Waals surface area contributed by atoms with E-state index in [2.05, 4.69) is 17.9 Å². The number of ether oxygens (including phenoxy) is 2. The minimum atomic E-state index is 0.373. The van der Waals surface area contributed by atoms with E-state index in [1.54, 1.807) is 7.11 Å². The van der Waals surface area contributed by atoms with Gasteiger partial charge in [-0.15, -0.1) is 0 Å². The summed E-state index contributed by atoms with van der Waals surface area (Å²) in [5.41, 5.74) is 7.77. The van der Waals surface area contributed by atoms with Gasteiger partial charge in [-0.1, -0.05) is 25.2 Å². The summed E-state index contributed by atoms with van der Waals surface area (Å²) >= 11 is 5.09. The third kappa shape index (κ3) is 3.48. The molecule has 1 aliphatic rings. The van der Waals surface area contributed by atoms with Gasteiger partial charge in [0.15, 0.2) is 0 Å². The molecule has 0 bridgehead atoms. The molecule has 4 nitrogen and oxygen atoms in total. The van der Waals surface area contributed by atoms with Crippen molar-refractivity contribution in [3.05, 3.63) is 29.3 Å². The summed E-state index contributed by atoms with van der Waals surface area (Å²) in [5, 5.41) is 0. The van der Waals surface area contributed by atoms with Crippen molar-refractivity contribution in [1.29, 1.82) is 0 Å². The van der Waals surface area contributed by atoms with Crippen molar-refractivity contribution in [1.82, 2.24) is 4.90 Å². The summed E-state index contributed by atoms with van der Waals surface area (Å²) in [5.74, 6) is 0.732. The lowest BCUT2D eigenvalue weighted by Gasteiger charge is -2.35. The molecule has 5 heteroatoms. The van der Waals surface area contributed by atoms with Crippen LogP contribution in [0.5, 0.6) is 5.75 Å². The smallest absolute Gasteiger partial charge is 0.129 e. The van der Waals surface area contributed by atoms with Gasteiger partial charge in [-0.05, 0) is 24.1 Å². The van der Waals surface area contributed by atoms with Crippen molar-refractivity contribution in [3.63, 3.8) is 0 Å². The number of hydrogen-bond donors (Lipinski definition) is 1. The molecule has 0 aromatic heterocycles. The van der Waals surface area contributed by atoms with Crippen LogP contribution in [0.15, 0.2) is 18.2 Å². The van der Waals surface area contributed by atoms with Crippen LogP contribution in [-0.4, -0.2) is 42.8 Å². The van der Waals surface area contributed by atoms with Crippen molar-refractivity contribution < 1.29 is 9.47 Å². The quantitative estimate of drug-likeness (QED) is 0.841. The van der Waals surface area contributed by atoms with Crippen LogP contribution in [0.4, 0.5) is 0 Å². The second kappa shape index (κ2) is 7.02. The molecule has 110 valence electrons. The number of benzene rings is 1. The van der Waals surface area contributed by atoms with Gasteiger partial charge in [0.2, 0.25) is 0 Å². The van der Waals surface area contributed by atoms with Gasteiger partial charge in [0.25, 0.3) is 0 Å². The topological polar surface area (TPSA) is 47.7 Å². The zero-order valence-corrected chi connectivity index (χ0v) is 12.9. The van der Waals surface area contributed by atoms with Crippen LogP contribution in [0.25, 0.3) is 0 Å². The van der Waals surface area contributed by atoms with E-state index >= 15 is 0 Å². The lowest BCUT2D eigenvalue weighted by Crippen LogP contribution is -2.44. The number of nitrogens with two attached hydrogens (primary N) is 1. The third-order valence-electron chi connectivity index (χ3n) is 3.74. The van der Waals surface area contributed by atoms with E-state index in [1.807, 2.05) is 12.1 Å². The number of thiocarbonyl (C=S) groups is 1. The minimum absolute atomic E-state index is 0.373. The SMILES string of the molecule is CCC1COCCN1Cc1ccc(OC)c(C(N)=S)c1. The summed E-state index contributed by atoms with van der Waals surface area (Å²) in [7, 11) is 1.63. The lowest BCUT2D eigenvalue weighted by molar-refractivity contribution is -0.0127. The van der Waals surface area contributed by atoms with Gasteiger partial charge in [-0.3, -0.25) is 4.90 Å². The maximum Gasteiger partial charge on any atom is 0.129 e. The monoisotopic (exact) mass is 294 g/mol. The largest absolute Gasteiger partial charge is 0.496 e. The fraction of sp³-hybridized carbons (Fsp3) is 0.533. The summed E-state index contributed by atoms with van der Waals surface area (Å²) in [6.45, 7) is 5.67. The standard InChI is InChI=1S/C15H22N2O2S/c1-3-12-10-19-7-6-17(12)9-11-4-5-14(18-2)13(8-11)15(16)20/h4-5,8,12H,3,6-7,9-10H2,1-2H3,(H2,16,20). The fourth-order valence-electron chi connectivity index (χ4n) is 2.55. The van der Waals surface area contributed by atoms with Gasteiger partial charge < -0.3 is 15.2 Å². The van der Waals surface area contributed by atoms with E-state index in [1.165, 1.54) is 5.56 Å². The predicted octanol–water partition coefficient (Wildman–Crippen LogP) is 1.94. The number of rotatable bonds is 5. The van der Waals surface area contributed by atoms with Crippen LogP contribution in [0, 0.1) is 0 Å². The van der Waals surface area contributed by atoms with Crippen LogP contribution in [-0.2, 0) is 11.3 Å². The van der Waals surface area contributed by atoms with Gasteiger partial charge in [0.05, 0.1) is 25.9 Å². The van der Waals surface area contributed by atoms with Crippen LogP contribution in [0.3, 0.4) is 0 Å². The second-order valence-electron chi connectivity index (χ2n) is 5.01. The van der Waals surface area contributed by atoms with Crippen LogP contribution >= 0.6 is 12.2 Å². The average Bonchev–Trinajstić information content (AvgIpc) is 2.47. The number of nitrogens with zero attached hydrogens (tertiary/aromatic N) is 1. The normalized spacial score (nSPS) is 19.8. The Morgan fingerprint density at radius 3 is 3.00 bits per heavy atom. The van der Waals surface area contributed by atoms with Crippen molar-refractivity contribution in [2.45, 2.75) is 25.9 Å². The van der Waals surface area contributed by atoms with Gasteiger partial charge >= 0.3 is 0 Å². The molecule has 1 saturated heterocycles. The second-order valence-corrected chi connectivity index (χ2v) is 5.45. The molecule has 0 spiro atoms. The highest BCUT2D eigenvalue weighted by Gasteiger charge is 2.21. The third-order valence-corrected chi connectivity index (χ3v) is 3.96. The number of hydrogen-bond acceptors (Lipinski definition) is 4. The highest BCUT2D eigenvalue weighted by Crippen LogP contribution is 2.22. The molecular formula is C15H22N2O2S. The molecule has 0 radical (unpaired) electrons. The van der Waals surface area contributed by atoms with Crippen molar-refractivity contribution in [3.8, 4) is 5.75 Å². The van der Waals surface area contributed by atoms with Gasteiger partial charge in [-0.2, -0.15) is 0 Å². The molecule has 1 unspecified atom stereocenters. The van der Waals surface area contributed by atoms with Crippen LogP contribution in [0.2, 0.25) is 0 Å². The van der Waals surface area contributed by atoms with Crippen LogP contribution < -0.4 is 10.5 Å². The van der Waals surface area contributed by atoms with E-state index < -0.39 is 0 Å². The summed E-state index contributed by atoms with van der Waals surface area (Å²) < 4.78 is 10.8. The Labute approximate surface area is 125 Å². The molecule has 2 N–H and O–H groups in total. The van der Waals surface area contributed by atoms with Crippen LogP contribution in [0.1, 0.15) is 24.5 Å². The van der Waals surface area contributed by atoms with E-state index in [0.717, 1.165) is 44.0 Å². The zero-order chi connectivity index (χ0) is 14.5. The Kier molecular flexibility index (Phi) is 5.34. The van der Waals surface area contributed by atoms with Crippen molar-refractivity contribution >= 4 is 17.2 Å². The molecule has 1 heterocycles. The fourth-order valence-corrected chi connectivity index (χ4v) is 2.71. The van der Waals surface area contributed by atoms with Crippen molar-refractivity contribution in [2.75, 3.05) is 26.9 Å². The van der Waals surface area contributed by atoms with E-state index in [4.69, 9.17) is 27.4 Å². The maximum atomic E-state index is 5.76. The molecule has 0 amide bonds. The molecule has 1 atom stereocenters. The Morgan fingerprint density at radius 2 is 2.35 bits per heavy atom. The zero-order valence-electron chi connectivity index (χ0n) is 12.1. The average molecular weight is 294 g/mol. The van der Waals surface area contributed by atoms with Gasteiger partial charge in [0, 0.05) is 19.1 Å². The number of methoxy groups -OCH3 is 1. The Hall–Kier alpha value is -1.17. The molecular weight excluding hydrogens is 272 g/mol. The molecule has 1 fully saturated rings. The lowest BCUT2D eigenvalue weighted by atomic mass is 10.1. The maximum absolute atomic E-state index is 5.76. The van der Waals surface area contributed by atoms with Crippen molar-refractivity contribution in [2.24, 2.45) is 5.73 Å². The first-order chi connectivity index (χ1) is 9.65. The first kappa shape index (κ1) is 15.2. The molecule has 1 aromatic rings. The molecule has 1 aliphatic heterocycles. The summed E-state index contributed by atoms with van der Waals surface area (Å²) in [4.78, 5) is 2.83. The first-order valence-electron chi connectivity index (χ1n) is 6.94. The number of morpholine rings is 1. The molecule has 1 aromatic carbocycles. The minimum Gasteiger partial charge on any atom is -0.496 e. The van der Waals surface area contributed by atoms with Gasteiger partial charge in [0.1, 0.15) is 10.7 Å². The van der Waals surface area contributed by atoms with E-state index in [9.17, 15) is 0 Å². The summed E-state index contributed by atoms with van der Waals surface area (Å²) in [6, 6.07) is 6.52. The Balaban J connectivity index is 2.16. The molecule has 20 heavy (non-hydrogen) atoms. The molecule has 2 rings (SSSR count). The van der Waals surface area contributed by atoms with E-state index in [-0.39, 0.29) is 0 Å². The highest BCUT2D eigenvalue weighted by atomic mass is 32.1. The summed E-state index contributed by atoms with van der Waals surface area (Å²) in [6.07, 6.45) is 1.10. The first-order valence-corrected chi connectivity index (χ1v) is 7.35. The molecule has 0 aliphatic carbocycles. The predicted molar refractivity (Wildman–Crippen MR) is 84.2 cm³/mol. The Bertz CT molecular complexity index is 479. The molecule has 0 saturated carbocycles.